The second-order valence-corrected chi connectivity index (χ2v) is 5.27. The van der Waals surface area contributed by atoms with Crippen LogP contribution in [0, 0.1) is 0 Å². The Bertz CT molecular complexity index is 277. The molecule has 0 bridgehead atoms. The monoisotopic (exact) mass is 242 g/mol. The van der Waals surface area contributed by atoms with E-state index in [-0.39, 0.29) is 5.91 Å². The number of hydrogen-bond acceptors (Lipinski definition) is 4. The van der Waals surface area contributed by atoms with Gasteiger partial charge in [0.1, 0.15) is 6.10 Å². The summed E-state index contributed by atoms with van der Waals surface area (Å²) in [7, 11) is 1.98. The van der Waals surface area contributed by atoms with Gasteiger partial charge in [0.15, 0.2) is 0 Å². The molecule has 0 spiro atoms. The number of ether oxygens (including phenoxy) is 1. The molecule has 1 unspecified atom stereocenters. The topological polar surface area (TPSA) is 61.8 Å². The molecule has 1 heterocycles. The number of aliphatic hydroxyl groups is 1. The van der Waals surface area contributed by atoms with E-state index in [0.29, 0.717) is 19.7 Å². The van der Waals surface area contributed by atoms with Crippen molar-refractivity contribution in [2.75, 3.05) is 33.3 Å². The molecule has 2 rings (SSSR count). The Balaban J connectivity index is 1.76. The van der Waals surface area contributed by atoms with Crippen LogP contribution in [-0.4, -0.2) is 60.9 Å². The molecule has 1 atom stereocenters. The third-order valence-electron chi connectivity index (χ3n) is 3.69. The SMILES string of the molecule is CN1CCOC(C(=O)NCC2(O)CCCC2)C1. The number of nitrogens with one attached hydrogen (secondary N) is 1. The van der Waals surface area contributed by atoms with Crippen molar-refractivity contribution in [1.82, 2.24) is 10.2 Å². The summed E-state index contributed by atoms with van der Waals surface area (Å²) in [5.41, 5.74) is -0.684. The first-order valence-electron chi connectivity index (χ1n) is 6.39. The second-order valence-electron chi connectivity index (χ2n) is 5.27. The van der Waals surface area contributed by atoms with Crippen molar-refractivity contribution in [3.63, 3.8) is 0 Å². The van der Waals surface area contributed by atoms with Gasteiger partial charge in [-0.25, -0.2) is 0 Å². The van der Waals surface area contributed by atoms with Crippen molar-refractivity contribution < 1.29 is 14.6 Å². The number of likely N-dealkylation sites (N-methyl/N-ethyl adjacent to an activating group) is 1. The number of carbonyl (C=O) groups excluding carboxylic acids is 1. The lowest BCUT2D eigenvalue weighted by Gasteiger charge is -2.30. The van der Waals surface area contributed by atoms with Crippen molar-refractivity contribution in [3.05, 3.63) is 0 Å². The van der Waals surface area contributed by atoms with Crippen molar-refractivity contribution >= 4 is 5.91 Å². The lowest BCUT2D eigenvalue weighted by Crippen LogP contribution is -2.51. The molecule has 2 aliphatic rings. The van der Waals surface area contributed by atoms with Gasteiger partial charge in [0.25, 0.3) is 5.91 Å². The van der Waals surface area contributed by atoms with Crippen LogP contribution in [0.1, 0.15) is 25.7 Å². The zero-order chi connectivity index (χ0) is 12.3. The van der Waals surface area contributed by atoms with Crippen LogP contribution in [-0.2, 0) is 9.53 Å². The van der Waals surface area contributed by atoms with Crippen molar-refractivity contribution in [2.45, 2.75) is 37.4 Å². The molecule has 1 amide bonds. The molecule has 0 aromatic carbocycles. The van der Waals surface area contributed by atoms with E-state index in [0.717, 1.165) is 32.2 Å². The summed E-state index contributed by atoms with van der Waals surface area (Å²) < 4.78 is 5.42. The first kappa shape index (κ1) is 12.8. The summed E-state index contributed by atoms with van der Waals surface area (Å²) >= 11 is 0. The molecule has 0 aromatic rings. The average molecular weight is 242 g/mol. The van der Waals surface area contributed by atoms with E-state index in [9.17, 15) is 9.90 Å². The molecule has 2 fully saturated rings. The highest BCUT2D eigenvalue weighted by atomic mass is 16.5. The Kier molecular flexibility index (Phi) is 4.01. The Hall–Kier alpha value is -0.650. The lowest BCUT2D eigenvalue weighted by atomic mass is 10.0. The maximum Gasteiger partial charge on any atom is 0.250 e. The van der Waals surface area contributed by atoms with Crippen LogP contribution in [0.2, 0.25) is 0 Å². The van der Waals surface area contributed by atoms with Gasteiger partial charge in [-0.2, -0.15) is 0 Å². The minimum absolute atomic E-state index is 0.100. The maximum absolute atomic E-state index is 11.9. The second kappa shape index (κ2) is 5.33. The minimum atomic E-state index is -0.684. The Labute approximate surface area is 102 Å². The predicted octanol–water partition coefficient (Wildman–Crippen LogP) is -0.262. The van der Waals surface area contributed by atoms with Gasteiger partial charge < -0.3 is 20.1 Å². The Morgan fingerprint density at radius 1 is 1.53 bits per heavy atom. The fourth-order valence-corrected chi connectivity index (χ4v) is 2.51. The van der Waals surface area contributed by atoms with Gasteiger partial charge in [0.2, 0.25) is 0 Å². The van der Waals surface area contributed by atoms with Gasteiger partial charge in [0, 0.05) is 19.6 Å². The van der Waals surface area contributed by atoms with Crippen LogP contribution < -0.4 is 5.32 Å². The largest absolute Gasteiger partial charge is 0.388 e. The molecule has 98 valence electrons. The zero-order valence-corrected chi connectivity index (χ0v) is 10.4. The molecule has 1 aliphatic heterocycles. The number of morpholine rings is 1. The van der Waals surface area contributed by atoms with Gasteiger partial charge in [0.05, 0.1) is 12.2 Å². The molecule has 17 heavy (non-hydrogen) atoms. The third kappa shape index (κ3) is 3.40. The fourth-order valence-electron chi connectivity index (χ4n) is 2.51. The fraction of sp³-hybridized carbons (Fsp3) is 0.917. The quantitative estimate of drug-likeness (QED) is 0.716. The Morgan fingerprint density at radius 2 is 2.24 bits per heavy atom. The first-order chi connectivity index (χ1) is 8.09. The molecular weight excluding hydrogens is 220 g/mol. The van der Waals surface area contributed by atoms with E-state index in [4.69, 9.17) is 4.74 Å². The van der Waals surface area contributed by atoms with E-state index in [2.05, 4.69) is 10.2 Å². The molecule has 2 N–H and O–H groups in total. The van der Waals surface area contributed by atoms with Gasteiger partial charge in [-0.3, -0.25) is 4.79 Å². The molecule has 0 radical (unpaired) electrons. The van der Waals surface area contributed by atoms with Crippen LogP contribution >= 0.6 is 0 Å². The predicted molar refractivity (Wildman–Crippen MR) is 63.7 cm³/mol. The average Bonchev–Trinajstić information content (AvgIpc) is 2.74. The maximum atomic E-state index is 11.9. The normalized spacial score (nSPS) is 29.2. The molecule has 5 heteroatoms. The van der Waals surface area contributed by atoms with Gasteiger partial charge in [-0.1, -0.05) is 12.8 Å². The number of nitrogens with zero attached hydrogens (tertiary/aromatic N) is 1. The van der Waals surface area contributed by atoms with E-state index in [1.807, 2.05) is 7.05 Å². The standard InChI is InChI=1S/C12H22N2O3/c1-14-6-7-17-10(8-14)11(15)13-9-12(16)4-2-3-5-12/h10,16H,2-9H2,1H3,(H,13,15). The van der Waals surface area contributed by atoms with Crippen LogP contribution in [0.4, 0.5) is 0 Å². The van der Waals surface area contributed by atoms with E-state index < -0.39 is 11.7 Å². The summed E-state index contributed by atoms with van der Waals surface area (Å²) in [6.07, 6.45) is 3.29. The first-order valence-corrected chi connectivity index (χ1v) is 6.39. The zero-order valence-electron chi connectivity index (χ0n) is 10.4. The summed E-state index contributed by atoms with van der Waals surface area (Å²) in [6, 6.07) is 0. The summed E-state index contributed by atoms with van der Waals surface area (Å²) in [5, 5.41) is 12.9. The van der Waals surface area contributed by atoms with Gasteiger partial charge in [-0.05, 0) is 19.9 Å². The van der Waals surface area contributed by atoms with Crippen molar-refractivity contribution in [2.24, 2.45) is 0 Å². The summed E-state index contributed by atoms with van der Waals surface area (Å²) in [5.74, 6) is -0.100. The summed E-state index contributed by atoms with van der Waals surface area (Å²) in [6.45, 7) is 2.45. The highest BCUT2D eigenvalue weighted by molar-refractivity contribution is 5.81. The van der Waals surface area contributed by atoms with Crippen molar-refractivity contribution in [3.8, 4) is 0 Å². The van der Waals surface area contributed by atoms with Crippen molar-refractivity contribution in [1.29, 1.82) is 0 Å². The van der Waals surface area contributed by atoms with Crippen LogP contribution in [0.15, 0.2) is 0 Å². The third-order valence-corrected chi connectivity index (χ3v) is 3.69. The van der Waals surface area contributed by atoms with Crippen LogP contribution in [0.5, 0.6) is 0 Å². The molecule has 0 aromatic heterocycles. The number of carbonyl (C=O) groups is 1. The molecule has 1 saturated heterocycles. The van der Waals surface area contributed by atoms with E-state index >= 15 is 0 Å². The molecule has 5 nitrogen and oxygen atoms in total. The lowest BCUT2D eigenvalue weighted by molar-refractivity contribution is -0.139. The van der Waals surface area contributed by atoms with Gasteiger partial charge >= 0.3 is 0 Å². The Morgan fingerprint density at radius 3 is 2.88 bits per heavy atom. The van der Waals surface area contributed by atoms with Crippen LogP contribution in [0.25, 0.3) is 0 Å². The number of hydrogen-bond donors (Lipinski definition) is 2. The van der Waals surface area contributed by atoms with Crippen LogP contribution in [0.3, 0.4) is 0 Å². The molecule has 1 aliphatic carbocycles. The molecular formula is C12H22N2O3. The molecule has 1 saturated carbocycles. The highest BCUT2D eigenvalue weighted by Crippen LogP contribution is 2.28. The smallest absolute Gasteiger partial charge is 0.250 e. The summed E-state index contributed by atoms with van der Waals surface area (Å²) in [4.78, 5) is 14.0. The number of amides is 1. The van der Waals surface area contributed by atoms with Gasteiger partial charge in [-0.15, -0.1) is 0 Å². The minimum Gasteiger partial charge on any atom is -0.388 e. The number of rotatable bonds is 3. The highest BCUT2D eigenvalue weighted by Gasteiger charge is 2.33. The van der Waals surface area contributed by atoms with E-state index in [1.54, 1.807) is 0 Å². The van der Waals surface area contributed by atoms with E-state index in [1.165, 1.54) is 0 Å².